The fraction of sp³-hybridized carbons (Fsp3) is 0.300. The van der Waals surface area contributed by atoms with Gasteiger partial charge >= 0.3 is 0 Å². The number of benzene rings is 2. The largest absolute Gasteiger partial charge is 0.457 e. The molecule has 1 N–H and O–H groups in total. The molecule has 1 heterocycles. The van der Waals surface area contributed by atoms with Crippen molar-refractivity contribution in [1.82, 2.24) is 10.2 Å². The molecular weight excluding hydrogens is 316 g/mol. The van der Waals surface area contributed by atoms with Gasteiger partial charge in [-0.25, -0.2) is 0 Å². The molecule has 0 aliphatic carbocycles. The number of carbonyl (C=O) groups excluding carboxylic acids is 2. The van der Waals surface area contributed by atoms with Gasteiger partial charge in [-0.3, -0.25) is 9.59 Å². The molecule has 2 aromatic carbocycles. The molecule has 0 bridgehead atoms. The van der Waals surface area contributed by atoms with E-state index in [0.29, 0.717) is 25.9 Å². The van der Waals surface area contributed by atoms with Crippen LogP contribution in [0, 0.1) is 5.92 Å². The van der Waals surface area contributed by atoms with Gasteiger partial charge in [0.25, 0.3) is 0 Å². The number of nitrogens with one attached hydrogen (secondary N) is 1. The maximum atomic E-state index is 12.5. The van der Waals surface area contributed by atoms with E-state index in [9.17, 15) is 9.59 Å². The number of amides is 2. The summed E-state index contributed by atoms with van der Waals surface area (Å²) in [5.74, 6) is 1.54. The number of ether oxygens (including phenoxy) is 1. The Morgan fingerprint density at radius 1 is 1.12 bits per heavy atom. The first-order chi connectivity index (χ1) is 12.1. The van der Waals surface area contributed by atoms with Crippen LogP contribution >= 0.6 is 0 Å². The van der Waals surface area contributed by atoms with Crippen LogP contribution in [0.4, 0.5) is 0 Å². The van der Waals surface area contributed by atoms with Gasteiger partial charge in [-0.2, -0.15) is 0 Å². The van der Waals surface area contributed by atoms with Crippen molar-refractivity contribution in [1.29, 1.82) is 0 Å². The van der Waals surface area contributed by atoms with Crippen LogP contribution < -0.4 is 10.1 Å². The van der Waals surface area contributed by atoms with Crippen molar-refractivity contribution in [2.45, 2.75) is 19.4 Å². The molecule has 1 aliphatic rings. The smallest absolute Gasteiger partial charge is 0.227 e. The molecule has 5 heteroatoms. The summed E-state index contributed by atoms with van der Waals surface area (Å²) in [6.45, 7) is 0.973. The normalized spacial score (nSPS) is 16.8. The molecule has 1 fully saturated rings. The summed E-state index contributed by atoms with van der Waals surface area (Å²) in [6.07, 6.45) is 1.05. The molecule has 5 nitrogen and oxygen atoms in total. The summed E-state index contributed by atoms with van der Waals surface area (Å²) in [5.41, 5.74) is 1.04. The van der Waals surface area contributed by atoms with Crippen molar-refractivity contribution in [2.75, 3.05) is 13.6 Å². The molecule has 0 saturated carbocycles. The number of hydrogen-bond donors (Lipinski definition) is 1. The van der Waals surface area contributed by atoms with E-state index in [1.54, 1.807) is 11.9 Å². The topological polar surface area (TPSA) is 58.6 Å². The Hall–Kier alpha value is -2.82. The quantitative estimate of drug-likeness (QED) is 0.912. The molecule has 1 saturated heterocycles. The van der Waals surface area contributed by atoms with Crippen molar-refractivity contribution in [3.8, 4) is 11.5 Å². The molecule has 25 heavy (non-hydrogen) atoms. The first kappa shape index (κ1) is 17.0. The Kier molecular flexibility index (Phi) is 5.33. The third kappa shape index (κ3) is 4.59. The van der Waals surface area contributed by atoms with Crippen molar-refractivity contribution in [3.05, 3.63) is 60.2 Å². The lowest BCUT2D eigenvalue weighted by molar-refractivity contribution is -0.136. The summed E-state index contributed by atoms with van der Waals surface area (Å²) in [6, 6.07) is 17.3. The summed E-state index contributed by atoms with van der Waals surface area (Å²) in [5, 5.41) is 2.76. The highest BCUT2D eigenvalue weighted by Gasteiger charge is 2.26. The Morgan fingerprint density at radius 2 is 1.80 bits per heavy atom. The molecule has 3 rings (SSSR count). The van der Waals surface area contributed by atoms with Crippen LogP contribution in [0.25, 0.3) is 0 Å². The number of carbonyl (C=O) groups is 2. The van der Waals surface area contributed by atoms with Crippen molar-refractivity contribution < 1.29 is 14.3 Å². The maximum absolute atomic E-state index is 12.5. The van der Waals surface area contributed by atoms with Gasteiger partial charge in [-0.15, -0.1) is 0 Å². The summed E-state index contributed by atoms with van der Waals surface area (Å²) in [4.78, 5) is 25.4. The molecule has 2 aromatic rings. The van der Waals surface area contributed by atoms with Gasteiger partial charge in [0.15, 0.2) is 0 Å². The number of para-hydroxylation sites is 1. The average molecular weight is 338 g/mol. The van der Waals surface area contributed by atoms with Gasteiger partial charge in [0.1, 0.15) is 11.5 Å². The summed E-state index contributed by atoms with van der Waals surface area (Å²) in [7, 11) is 1.80. The summed E-state index contributed by atoms with van der Waals surface area (Å²) < 4.78 is 5.77. The minimum absolute atomic E-state index is 0.0284. The molecule has 0 spiro atoms. The molecule has 0 aromatic heterocycles. The zero-order valence-electron chi connectivity index (χ0n) is 14.3. The van der Waals surface area contributed by atoms with Gasteiger partial charge in [0.2, 0.25) is 11.8 Å². The predicted octanol–water partition coefficient (Wildman–Crippen LogP) is 2.96. The van der Waals surface area contributed by atoms with Gasteiger partial charge < -0.3 is 15.0 Å². The molecule has 2 amide bonds. The molecule has 1 aliphatic heterocycles. The maximum Gasteiger partial charge on any atom is 0.227 e. The van der Waals surface area contributed by atoms with Crippen LogP contribution in [0.2, 0.25) is 0 Å². The zero-order valence-corrected chi connectivity index (χ0v) is 14.3. The molecule has 0 radical (unpaired) electrons. The average Bonchev–Trinajstić information content (AvgIpc) is 2.64. The number of hydrogen-bond acceptors (Lipinski definition) is 3. The van der Waals surface area contributed by atoms with Crippen LogP contribution in [0.15, 0.2) is 54.6 Å². The molecule has 1 atom stereocenters. The SMILES string of the molecule is CN(Cc1ccc(Oc2ccccc2)cc1)C(=O)[C@H]1CCC(=O)NC1. The fourth-order valence-electron chi connectivity index (χ4n) is 2.89. The number of piperidine rings is 1. The summed E-state index contributed by atoms with van der Waals surface area (Å²) >= 11 is 0. The minimum atomic E-state index is -0.122. The lowest BCUT2D eigenvalue weighted by Crippen LogP contribution is -2.43. The molecular formula is C20H22N2O3. The van der Waals surface area contributed by atoms with E-state index in [-0.39, 0.29) is 17.7 Å². The van der Waals surface area contributed by atoms with E-state index >= 15 is 0 Å². The van der Waals surface area contributed by atoms with Gasteiger partial charge in [0.05, 0.1) is 5.92 Å². The van der Waals surface area contributed by atoms with Gasteiger partial charge in [-0.1, -0.05) is 30.3 Å². The minimum Gasteiger partial charge on any atom is -0.457 e. The van der Waals surface area contributed by atoms with E-state index < -0.39 is 0 Å². The van der Waals surface area contributed by atoms with Crippen molar-refractivity contribution >= 4 is 11.8 Å². The second-order valence-corrected chi connectivity index (χ2v) is 6.29. The lowest BCUT2D eigenvalue weighted by Gasteiger charge is -2.26. The fourth-order valence-corrected chi connectivity index (χ4v) is 2.89. The number of rotatable bonds is 5. The Bertz CT molecular complexity index is 718. The first-order valence-electron chi connectivity index (χ1n) is 8.45. The van der Waals surface area contributed by atoms with Crippen LogP contribution in [-0.4, -0.2) is 30.3 Å². The molecule has 130 valence electrons. The second-order valence-electron chi connectivity index (χ2n) is 6.29. The Morgan fingerprint density at radius 3 is 2.44 bits per heavy atom. The Labute approximate surface area is 147 Å². The highest BCUT2D eigenvalue weighted by molar-refractivity contribution is 5.83. The Balaban J connectivity index is 1.55. The van der Waals surface area contributed by atoms with Gasteiger partial charge in [-0.05, 0) is 36.2 Å². The standard InChI is InChI=1S/C20H22N2O3/c1-22(20(24)16-9-12-19(23)21-13-16)14-15-7-10-18(11-8-15)25-17-5-3-2-4-6-17/h2-8,10-11,16H,9,12-14H2,1H3,(H,21,23)/t16-/m0/s1. The van der Waals surface area contributed by atoms with E-state index in [4.69, 9.17) is 4.74 Å². The van der Waals surface area contributed by atoms with E-state index in [1.807, 2.05) is 54.6 Å². The van der Waals surface area contributed by atoms with E-state index in [1.165, 1.54) is 0 Å². The van der Waals surface area contributed by atoms with Crippen LogP contribution in [0.3, 0.4) is 0 Å². The second kappa shape index (κ2) is 7.83. The van der Waals surface area contributed by atoms with Crippen LogP contribution in [-0.2, 0) is 16.1 Å². The van der Waals surface area contributed by atoms with Crippen LogP contribution in [0.1, 0.15) is 18.4 Å². The van der Waals surface area contributed by atoms with Crippen LogP contribution in [0.5, 0.6) is 11.5 Å². The van der Waals surface area contributed by atoms with E-state index in [2.05, 4.69) is 5.32 Å². The van der Waals surface area contributed by atoms with Crippen molar-refractivity contribution in [3.63, 3.8) is 0 Å². The zero-order chi connectivity index (χ0) is 17.6. The predicted molar refractivity (Wildman–Crippen MR) is 95.2 cm³/mol. The monoisotopic (exact) mass is 338 g/mol. The third-order valence-electron chi connectivity index (χ3n) is 4.31. The third-order valence-corrected chi connectivity index (χ3v) is 4.31. The van der Waals surface area contributed by atoms with E-state index in [0.717, 1.165) is 17.1 Å². The number of nitrogens with zero attached hydrogens (tertiary/aromatic N) is 1. The van der Waals surface area contributed by atoms with Gasteiger partial charge in [0, 0.05) is 26.6 Å². The first-order valence-corrected chi connectivity index (χ1v) is 8.45. The lowest BCUT2D eigenvalue weighted by atomic mass is 9.97. The highest BCUT2D eigenvalue weighted by atomic mass is 16.5. The van der Waals surface area contributed by atoms with Crippen molar-refractivity contribution in [2.24, 2.45) is 5.92 Å². The molecule has 0 unspecified atom stereocenters. The highest BCUT2D eigenvalue weighted by Crippen LogP contribution is 2.22.